The fraction of sp³-hybridized carbons (Fsp3) is 0.368. The SMILES string of the molecule is CCOc1ccccc1C(C)N[C@H](C)c1ccc(C)cc1. The van der Waals surface area contributed by atoms with Gasteiger partial charge in [-0.3, -0.25) is 0 Å². The van der Waals surface area contributed by atoms with Crippen LogP contribution in [0.15, 0.2) is 48.5 Å². The lowest BCUT2D eigenvalue weighted by atomic mass is 10.0. The molecule has 0 bridgehead atoms. The zero-order chi connectivity index (χ0) is 15.2. The van der Waals surface area contributed by atoms with Crippen molar-refractivity contribution in [3.63, 3.8) is 0 Å². The number of aryl methyl sites for hydroxylation is 1. The second-order valence-corrected chi connectivity index (χ2v) is 5.49. The first kappa shape index (κ1) is 15.6. The summed E-state index contributed by atoms with van der Waals surface area (Å²) in [6, 6.07) is 17.5. The summed E-state index contributed by atoms with van der Waals surface area (Å²) < 4.78 is 5.72. The summed E-state index contributed by atoms with van der Waals surface area (Å²) >= 11 is 0. The van der Waals surface area contributed by atoms with Crippen LogP contribution in [0.4, 0.5) is 0 Å². The first-order valence-corrected chi connectivity index (χ1v) is 7.66. The quantitative estimate of drug-likeness (QED) is 0.821. The molecule has 0 aliphatic heterocycles. The summed E-state index contributed by atoms with van der Waals surface area (Å²) in [7, 11) is 0. The zero-order valence-electron chi connectivity index (χ0n) is 13.4. The molecule has 1 N–H and O–H groups in total. The highest BCUT2D eigenvalue weighted by Gasteiger charge is 2.14. The maximum atomic E-state index is 5.72. The molecular formula is C19H25NO. The van der Waals surface area contributed by atoms with Gasteiger partial charge in [-0.15, -0.1) is 0 Å². The normalized spacial score (nSPS) is 13.7. The van der Waals surface area contributed by atoms with Gasteiger partial charge in [-0.25, -0.2) is 0 Å². The maximum absolute atomic E-state index is 5.72. The van der Waals surface area contributed by atoms with Gasteiger partial charge >= 0.3 is 0 Å². The minimum Gasteiger partial charge on any atom is -0.494 e. The van der Waals surface area contributed by atoms with E-state index in [4.69, 9.17) is 4.74 Å². The Morgan fingerprint density at radius 2 is 1.62 bits per heavy atom. The monoisotopic (exact) mass is 283 g/mol. The van der Waals surface area contributed by atoms with Gasteiger partial charge < -0.3 is 10.1 Å². The smallest absolute Gasteiger partial charge is 0.124 e. The van der Waals surface area contributed by atoms with E-state index < -0.39 is 0 Å². The second kappa shape index (κ2) is 7.28. The zero-order valence-corrected chi connectivity index (χ0v) is 13.4. The first-order chi connectivity index (χ1) is 10.1. The third-order valence-electron chi connectivity index (χ3n) is 3.76. The maximum Gasteiger partial charge on any atom is 0.124 e. The molecule has 0 aliphatic carbocycles. The summed E-state index contributed by atoms with van der Waals surface area (Å²) in [4.78, 5) is 0. The Morgan fingerprint density at radius 1 is 0.952 bits per heavy atom. The van der Waals surface area contributed by atoms with Crippen molar-refractivity contribution in [2.24, 2.45) is 0 Å². The Morgan fingerprint density at radius 3 is 2.29 bits per heavy atom. The van der Waals surface area contributed by atoms with Crippen LogP contribution < -0.4 is 10.1 Å². The molecule has 0 aliphatic rings. The summed E-state index contributed by atoms with van der Waals surface area (Å²) in [6.07, 6.45) is 0. The molecule has 2 aromatic rings. The van der Waals surface area contributed by atoms with Crippen molar-refractivity contribution in [2.75, 3.05) is 6.61 Å². The molecular weight excluding hydrogens is 258 g/mol. The van der Waals surface area contributed by atoms with E-state index in [1.54, 1.807) is 0 Å². The van der Waals surface area contributed by atoms with Gasteiger partial charge in [-0.2, -0.15) is 0 Å². The molecule has 0 aromatic heterocycles. The molecule has 2 heteroatoms. The van der Waals surface area contributed by atoms with Crippen LogP contribution in [-0.4, -0.2) is 6.61 Å². The van der Waals surface area contributed by atoms with Gasteiger partial charge in [0.15, 0.2) is 0 Å². The molecule has 0 spiro atoms. The van der Waals surface area contributed by atoms with Crippen LogP contribution in [0.25, 0.3) is 0 Å². The molecule has 21 heavy (non-hydrogen) atoms. The number of hydrogen-bond acceptors (Lipinski definition) is 2. The van der Waals surface area contributed by atoms with E-state index in [1.807, 2.05) is 19.1 Å². The fourth-order valence-corrected chi connectivity index (χ4v) is 2.54. The van der Waals surface area contributed by atoms with Gasteiger partial charge in [-0.1, -0.05) is 48.0 Å². The highest BCUT2D eigenvalue weighted by Crippen LogP contribution is 2.27. The molecule has 0 saturated heterocycles. The molecule has 2 atom stereocenters. The highest BCUT2D eigenvalue weighted by molar-refractivity contribution is 5.36. The average Bonchev–Trinajstić information content (AvgIpc) is 2.48. The Labute approximate surface area is 128 Å². The van der Waals surface area contributed by atoms with Crippen molar-refractivity contribution in [2.45, 2.75) is 39.8 Å². The first-order valence-electron chi connectivity index (χ1n) is 7.66. The van der Waals surface area contributed by atoms with E-state index in [0.29, 0.717) is 12.6 Å². The topological polar surface area (TPSA) is 21.3 Å². The summed E-state index contributed by atoms with van der Waals surface area (Å²) in [5.74, 6) is 0.969. The lowest BCUT2D eigenvalue weighted by molar-refractivity contribution is 0.331. The molecule has 0 saturated carbocycles. The van der Waals surface area contributed by atoms with Crippen LogP contribution in [0.5, 0.6) is 5.75 Å². The Hall–Kier alpha value is -1.80. The Bertz CT molecular complexity index is 562. The largest absolute Gasteiger partial charge is 0.494 e. The van der Waals surface area contributed by atoms with Crippen molar-refractivity contribution in [1.82, 2.24) is 5.32 Å². The van der Waals surface area contributed by atoms with E-state index in [0.717, 1.165) is 5.75 Å². The van der Waals surface area contributed by atoms with E-state index in [2.05, 4.69) is 62.5 Å². The molecule has 112 valence electrons. The highest BCUT2D eigenvalue weighted by atomic mass is 16.5. The van der Waals surface area contributed by atoms with Gasteiger partial charge in [0.05, 0.1) is 6.61 Å². The van der Waals surface area contributed by atoms with Gasteiger partial charge in [0, 0.05) is 17.6 Å². The Kier molecular flexibility index (Phi) is 5.40. The van der Waals surface area contributed by atoms with Crippen molar-refractivity contribution >= 4 is 0 Å². The van der Waals surface area contributed by atoms with Gasteiger partial charge in [0.1, 0.15) is 5.75 Å². The fourth-order valence-electron chi connectivity index (χ4n) is 2.54. The van der Waals surface area contributed by atoms with Gasteiger partial charge in [0.25, 0.3) is 0 Å². The molecule has 0 heterocycles. The summed E-state index contributed by atoms with van der Waals surface area (Å²) in [6.45, 7) is 9.21. The second-order valence-electron chi connectivity index (χ2n) is 5.49. The van der Waals surface area contributed by atoms with Crippen molar-refractivity contribution < 1.29 is 4.74 Å². The minimum absolute atomic E-state index is 0.240. The van der Waals surface area contributed by atoms with Crippen molar-refractivity contribution in [1.29, 1.82) is 0 Å². The van der Waals surface area contributed by atoms with Crippen LogP contribution in [0.3, 0.4) is 0 Å². The predicted octanol–water partition coefficient (Wildman–Crippen LogP) is 4.81. The van der Waals surface area contributed by atoms with Crippen LogP contribution in [0, 0.1) is 6.92 Å². The summed E-state index contributed by atoms with van der Waals surface area (Å²) in [5.41, 5.74) is 3.81. The number of para-hydroxylation sites is 1. The van der Waals surface area contributed by atoms with E-state index in [-0.39, 0.29) is 6.04 Å². The summed E-state index contributed by atoms with van der Waals surface area (Å²) in [5, 5.41) is 3.65. The lowest BCUT2D eigenvalue weighted by Crippen LogP contribution is -2.23. The third kappa shape index (κ3) is 4.08. The van der Waals surface area contributed by atoms with E-state index >= 15 is 0 Å². The number of rotatable bonds is 6. The van der Waals surface area contributed by atoms with E-state index in [1.165, 1.54) is 16.7 Å². The molecule has 2 aromatic carbocycles. The van der Waals surface area contributed by atoms with Gasteiger partial charge in [-0.05, 0) is 39.3 Å². The van der Waals surface area contributed by atoms with Crippen LogP contribution in [0.2, 0.25) is 0 Å². The molecule has 0 fully saturated rings. The molecule has 0 radical (unpaired) electrons. The minimum atomic E-state index is 0.240. The number of ether oxygens (including phenoxy) is 1. The average molecular weight is 283 g/mol. The van der Waals surface area contributed by atoms with Gasteiger partial charge in [0.2, 0.25) is 0 Å². The van der Waals surface area contributed by atoms with Crippen molar-refractivity contribution in [3.8, 4) is 5.75 Å². The Balaban J connectivity index is 2.10. The standard InChI is InChI=1S/C19H25NO/c1-5-21-19-9-7-6-8-18(19)16(4)20-15(3)17-12-10-14(2)11-13-17/h6-13,15-16,20H,5H2,1-4H3/t15-,16?/m1/s1. The molecule has 2 rings (SSSR count). The number of hydrogen-bond donors (Lipinski definition) is 1. The third-order valence-corrected chi connectivity index (χ3v) is 3.76. The van der Waals surface area contributed by atoms with Crippen molar-refractivity contribution in [3.05, 3.63) is 65.2 Å². The number of benzene rings is 2. The lowest BCUT2D eigenvalue weighted by Gasteiger charge is -2.22. The van der Waals surface area contributed by atoms with Crippen LogP contribution >= 0.6 is 0 Å². The molecule has 2 nitrogen and oxygen atoms in total. The van der Waals surface area contributed by atoms with E-state index in [9.17, 15) is 0 Å². The molecule has 0 amide bonds. The predicted molar refractivity (Wildman–Crippen MR) is 88.8 cm³/mol. The van der Waals surface area contributed by atoms with Crippen LogP contribution in [0.1, 0.15) is 49.5 Å². The van der Waals surface area contributed by atoms with Crippen LogP contribution in [-0.2, 0) is 0 Å². The molecule has 1 unspecified atom stereocenters. The number of nitrogens with one attached hydrogen (secondary N) is 1.